The van der Waals surface area contributed by atoms with Crippen LogP contribution in [0.2, 0.25) is 0 Å². The van der Waals surface area contributed by atoms with Crippen molar-refractivity contribution in [3.63, 3.8) is 0 Å². The van der Waals surface area contributed by atoms with Crippen LogP contribution in [0.3, 0.4) is 0 Å². The monoisotopic (exact) mass is 266 g/mol. The lowest BCUT2D eigenvalue weighted by molar-refractivity contribution is -0.384. The van der Waals surface area contributed by atoms with Crippen LogP contribution < -0.4 is 10.1 Å². The molecule has 1 aromatic carbocycles. The van der Waals surface area contributed by atoms with E-state index in [0.29, 0.717) is 23.9 Å². The summed E-state index contributed by atoms with van der Waals surface area (Å²) in [6.45, 7) is 0.710. The lowest BCUT2D eigenvalue weighted by Gasteiger charge is -2.12. The Balaban J connectivity index is 2.02. The number of rotatable bonds is 5. The van der Waals surface area contributed by atoms with Gasteiger partial charge in [-0.3, -0.25) is 10.1 Å². The molecule has 2 rings (SSSR count). The first-order valence-corrected chi connectivity index (χ1v) is 6.34. The molecular formula is C13H18N2O4. The van der Waals surface area contributed by atoms with Crippen LogP contribution in [-0.4, -0.2) is 29.8 Å². The van der Waals surface area contributed by atoms with Crippen molar-refractivity contribution < 1.29 is 14.8 Å². The van der Waals surface area contributed by atoms with Gasteiger partial charge < -0.3 is 15.2 Å². The third-order valence-electron chi connectivity index (χ3n) is 3.45. The van der Waals surface area contributed by atoms with Gasteiger partial charge in [-0.25, -0.2) is 0 Å². The number of non-ortho nitro benzene ring substituents is 1. The van der Waals surface area contributed by atoms with Crippen molar-refractivity contribution in [3.8, 4) is 5.75 Å². The van der Waals surface area contributed by atoms with Crippen LogP contribution in [0.1, 0.15) is 19.3 Å². The zero-order chi connectivity index (χ0) is 13.8. The van der Waals surface area contributed by atoms with Crippen molar-refractivity contribution in [2.75, 3.05) is 19.0 Å². The van der Waals surface area contributed by atoms with Gasteiger partial charge in [-0.1, -0.05) is 0 Å². The predicted molar refractivity (Wildman–Crippen MR) is 71.5 cm³/mol. The minimum atomic E-state index is -0.437. The average Bonchev–Trinajstić information content (AvgIpc) is 2.81. The van der Waals surface area contributed by atoms with E-state index in [1.165, 1.54) is 19.2 Å². The van der Waals surface area contributed by atoms with Crippen molar-refractivity contribution in [1.82, 2.24) is 0 Å². The molecule has 1 fully saturated rings. The SMILES string of the molecule is COc1cc(NCC2CCC(O)C2)cc([N+](=O)[O-])c1. The van der Waals surface area contributed by atoms with E-state index >= 15 is 0 Å². The summed E-state index contributed by atoms with van der Waals surface area (Å²) in [7, 11) is 1.48. The largest absolute Gasteiger partial charge is 0.496 e. The lowest BCUT2D eigenvalue weighted by atomic mass is 10.1. The topological polar surface area (TPSA) is 84.6 Å². The van der Waals surface area contributed by atoms with Gasteiger partial charge in [0.25, 0.3) is 5.69 Å². The second kappa shape index (κ2) is 5.88. The van der Waals surface area contributed by atoms with Gasteiger partial charge in [0.2, 0.25) is 0 Å². The van der Waals surface area contributed by atoms with Crippen LogP contribution in [0, 0.1) is 16.0 Å². The summed E-state index contributed by atoms with van der Waals surface area (Å²) in [6, 6.07) is 4.62. The van der Waals surface area contributed by atoms with Crippen molar-refractivity contribution >= 4 is 11.4 Å². The fourth-order valence-corrected chi connectivity index (χ4v) is 2.40. The minimum Gasteiger partial charge on any atom is -0.496 e. The predicted octanol–water partition coefficient (Wildman–Crippen LogP) is 2.18. The Labute approximate surface area is 111 Å². The fraction of sp³-hybridized carbons (Fsp3) is 0.538. The van der Waals surface area contributed by atoms with E-state index in [0.717, 1.165) is 19.3 Å². The molecule has 0 saturated heterocycles. The molecule has 2 N–H and O–H groups in total. The number of nitro benzene ring substituents is 1. The van der Waals surface area contributed by atoms with E-state index in [4.69, 9.17) is 4.74 Å². The second-order valence-corrected chi connectivity index (χ2v) is 4.89. The molecule has 6 heteroatoms. The second-order valence-electron chi connectivity index (χ2n) is 4.89. The molecule has 0 spiro atoms. The Hall–Kier alpha value is -1.82. The molecule has 1 aliphatic carbocycles. The minimum absolute atomic E-state index is 0.00769. The van der Waals surface area contributed by atoms with Crippen molar-refractivity contribution in [1.29, 1.82) is 0 Å². The Morgan fingerprint density at radius 2 is 2.26 bits per heavy atom. The van der Waals surface area contributed by atoms with Gasteiger partial charge in [-0.05, 0) is 25.2 Å². The lowest BCUT2D eigenvalue weighted by Crippen LogP contribution is -2.12. The number of hydrogen-bond donors (Lipinski definition) is 2. The van der Waals surface area contributed by atoms with E-state index < -0.39 is 4.92 Å². The number of methoxy groups -OCH3 is 1. The average molecular weight is 266 g/mol. The fourth-order valence-electron chi connectivity index (χ4n) is 2.40. The van der Waals surface area contributed by atoms with Gasteiger partial charge in [0.05, 0.1) is 24.2 Å². The Morgan fingerprint density at radius 3 is 2.84 bits per heavy atom. The Kier molecular flexibility index (Phi) is 4.21. The molecule has 19 heavy (non-hydrogen) atoms. The maximum absolute atomic E-state index is 10.8. The maximum atomic E-state index is 10.8. The normalized spacial score (nSPS) is 22.2. The first kappa shape index (κ1) is 13.6. The molecule has 0 amide bonds. The molecule has 104 valence electrons. The van der Waals surface area contributed by atoms with E-state index in [1.807, 2.05) is 0 Å². The number of hydrogen-bond acceptors (Lipinski definition) is 5. The molecular weight excluding hydrogens is 248 g/mol. The maximum Gasteiger partial charge on any atom is 0.275 e. The smallest absolute Gasteiger partial charge is 0.275 e. The van der Waals surface area contributed by atoms with Crippen LogP contribution in [0.25, 0.3) is 0 Å². The molecule has 6 nitrogen and oxygen atoms in total. The zero-order valence-electron chi connectivity index (χ0n) is 10.8. The van der Waals surface area contributed by atoms with Crippen LogP contribution in [0.5, 0.6) is 5.75 Å². The van der Waals surface area contributed by atoms with Crippen LogP contribution in [0.15, 0.2) is 18.2 Å². The Morgan fingerprint density at radius 1 is 1.47 bits per heavy atom. The number of ether oxygens (including phenoxy) is 1. The van der Waals surface area contributed by atoms with E-state index in [1.54, 1.807) is 6.07 Å². The zero-order valence-corrected chi connectivity index (χ0v) is 10.8. The van der Waals surface area contributed by atoms with E-state index in [2.05, 4.69) is 5.32 Å². The quantitative estimate of drug-likeness (QED) is 0.630. The number of benzene rings is 1. The molecule has 2 unspecified atom stereocenters. The van der Waals surface area contributed by atoms with Crippen LogP contribution in [-0.2, 0) is 0 Å². The third kappa shape index (κ3) is 3.57. The van der Waals surface area contributed by atoms with Crippen molar-refractivity contribution in [2.45, 2.75) is 25.4 Å². The van der Waals surface area contributed by atoms with E-state index in [9.17, 15) is 15.2 Å². The number of nitrogens with one attached hydrogen (secondary N) is 1. The van der Waals surface area contributed by atoms with Gasteiger partial charge in [-0.2, -0.15) is 0 Å². The molecule has 2 atom stereocenters. The molecule has 0 aliphatic heterocycles. The highest BCUT2D eigenvalue weighted by atomic mass is 16.6. The first-order valence-electron chi connectivity index (χ1n) is 6.34. The van der Waals surface area contributed by atoms with Gasteiger partial charge in [-0.15, -0.1) is 0 Å². The third-order valence-corrected chi connectivity index (χ3v) is 3.45. The summed E-state index contributed by atoms with van der Waals surface area (Å²) >= 11 is 0. The Bertz CT molecular complexity index is 464. The molecule has 0 radical (unpaired) electrons. The number of nitrogens with zero attached hydrogens (tertiary/aromatic N) is 1. The summed E-state index contributed by atoms with van der Waals surface area (Å²) in [5.74, 6) is 0.878. The molecule has 1 saturated carbocycles. The van der Waals surface area contributed by atoms with Gasteiger partial charge >= 0.3 is 0 Å². The van der Waals surface area contributed by atoms with Crippen molar-refractivity contribution in [2.24, 2.45) is 5.92 Å². The number of aliphatic hydroxyl groups is 1. The highest BCUT2D eigenvalue weighted by molar-refractivity contribution is 5.56. The van der Waals surface area contributed by atoms with Gasteiger partial charge in [0.1, 0.15) is 5.75 Å². The number of aliphatic hydroxyl groups excluding tert-OH is 1. The molecule has 1 aromatic rings. The molecule has 1 aliphatic rings. The summed E-state index contributed by atoms with van der Waals surface area (Å²) in [5, 5.41) is 23.5. The number of anilines is 1. The summed E-state index contributed by atoms with van der Waals surface area (Å²) in [6.07, 6.45) is 2.41. The standard InChI is InChI=1S/C13H18N2O4/c1-19-13-6-10(5-11(7-13)15(17)18)14-8-9-2-3-12(16)4-9/h5-7,9,12,14,16H,2-4,8H2,1H3. The van der Waals surface area contributed by atoms with Gasteiger partial charge in [0.15, 0.2) is 0 Å². The highest BCUT2D eigenvalue weighted by Crippen LogP contribution is 2.28. The summed E-state index contributed by atoms with van der Waals surface area (Å²) in [5.41, 5.74) is 0.681. The summed E-state index contributed by atoms with van der Waals surface area (Å²) in [4.78, 5) is 10.4. The first-order chi connectivity index (χ1) is 9.08. The molecule has 0 heterocycles. The van der Waals surface area contributed by atoms with E-state index in [-0.39, 0.29) is 11.8 Å². The molecule has 0 bridgehead atoms. The summed E-state index contributed by atoms with van der Waals surface area (Å²) < 4.78 is 5.05. The number of nitro groups is 1. The van der Waals surface area contributed by atoms with Gasteiger partial charge in [0, 0.05) is 24.4 Å². The van der Waals surface area contributed by atoms with Crippen molar-refractivity contribution in [3.05, 3.63) is 28.3 Å². The van der Waals surface area contributed by atoms with Crippen LogP contribution in [0.4, 0.5) is 11.4 Å². The van der Waals surface area contributed by atoms with Crippen LogP contribution >= 0.6 is 0 Å². The molecule has 0 aromatic heterocycles. The highest BCUT2D eigenvalue weighted by Gasteiger charge is 2.22.